The molecule has 1 heterocycles. The summed E-state index contributed by atoms with van der Waals surface area (Å²) in [5.41, 5.74) is 2.11. The van der Waals surface area contributed by atoms with Crippen molar-refractivity contribution in [2.24, 2.45) is 0 Å². The van der Waals surface area contributed by atoms with Crippen LogP contribution in [0.2, 0.25) is 0 Å². The normalized spacial score (nSPS) is 12.3. The largest absolute Gasteiger partial charge is 0.464 e. The molecular weight excluding hydrogens is 398 g/mol. The van der Waals surface area contributed by atoms with Crippen molar-refractivity contribution in [3.8, 4) is 5.75 Å². The molecule has 26 heavy (non-hydrogen) atoms. The molecule has 0 atom stereocenters. The van der Waals surface area contributed by atoms with E-state index in [1.165, 1.54) is 6.26 Å². The highest BCUT2D eigenvalue weighted by molar-refractivity contribution is 9.10. The minimum Gasteiger partial charge on any atom is -0.464 e. The summed E-state index contributed by atoms with van der Waals surface area (Å²) in [6.45, 7) is 2.04. The Balaban J connectivity index is 1.82. The molecule has 0 aliphatic carbocycles. The average molecular weight is 414 g/mol. The van der Waals surface area contributed by atoms with Gasteiger partial charge < -0.3 is 14.8 Å². The summed E-state index contributed by atoms with van der Waals surface area (Å²) in [6, 6.07) is 12.2. The maximum absolute atomic E-state index is 12.6. The van der Waals surface area contributed by atoms with Crippen LogP contribution in [0, 0.1) is 0 Å². The first-order chi connectivity index (χ1) is 12.6. The van der Waals surface area contributed by atoms with E-state index in [2.05, 4.69) is 21.2 Å². The van der Waals surface area contributed by atoms with Crippen LogP contribution >= 0.6 is 15.9 Å². The molecule has 3 rings (SSSR count). The zero-order chi connectivity index (χ0) is 18.5. The molecule has 132 valence electrons. The van der Waals surface area contributed by atoms with Crippen molar-refractivity contribution < 1.29 is 19.1 Å². The number of carbonyl (C=O) groups is 2. The maximum atomic E-state index is 12.6. The average Bonchev–Trinajstić information content (AvgIpc) is 2.84. The van der Waals surface area contributed by atoms with E-state index in [0.717, 1.165) is 10.0 Å². The van der Waals surface area contributed by atoms with E-state index in [1.54, 1.807) is 43.3 Å². The molecule has 2 aromatic carbocycles. The number of amides is 1. The second kappa shape index (κ2) is 8.01. The topological polar surface area (TPSA) is 64.6 Å². The molecule has 5 nitrogen and oxygen atoms in total. The van der Waals surface area contributed by atoms with Crippen molar-refractivity contribution in [2.75, 3.05) is 11.9 Å². The van der Waals surface area contributed by atoms with Gasteiger partial charge in [-0.3, -0.25) is 4.79 Å². The zero-order valence-corrected chi connectivity index (χ0v) is 15.6. The number of fused-ring (bicyclic) bond motifs is 1. The Labute approximate surface area is 159 Å². The number of rotatable bonds is 4. The third kappa shape index (κ3) is 4.21. The van der Waals surface area contributed by atoms with Gasteiger partial charge in [0.15, 0.2) is 0 Å². The van der Waals surface area contributed by atoms with Gasteiger partial charge in [-0.2, -0.15) is 0 Å². The van der Waals surface area contributed by atoms with Crippen molar-refractivity contribution in [2.45, 2.75) is 6.92 Å². The van der Waals surface area contributed by atoms with Gasteiger partial charge >= 0.3 is 5.97 Å². The molecule has 0 bridgehead atoms. The van der Waals surface area contributed by atoms with E-state index in [1.807, 2.05) is 18.2 Å². The summed E-state index contributed by atoms with van der Waals surface area (Å²) < 4.78 is 11.4. The fourth-order valence-corrected chi connectivity index (χ4v) is 2.80. The molecule has 1 aliphatic heterocycles. The number of benzene rings is 2. The SMILES string of the molecule is CCOC(=O)c1cccc(NC(=O)C2=Cc3cc(Br)ccc3OC=C2)c1. The number of halogens is 1. The van der Waals surface area contributed by atoms with Gasteiger partial charge in [0.25, 0.3) is 5.91 Å². The predicted octanol–water partition coefficient (Wildman–Crippen LogP) is 4.55. The second-order valence-corrected chi connectivity index (χ2v) is 6.37. The highest BCUT2D eigenvalue weighted by atomic mass is 79.9. The summed E-state index contributed by atoms with van der Waals surface area (Å²) in [5.74, 6) is -0.0698. The Hall–Kier alpha value is -2.86. The van der Waals surface area contributed by atoms with Crippen LogP contribution in [-0.4, -0.2) is 18.5 Å². The van der Waals surface area contributed by atoms with Crippen LogP contribution in [0.1, 0.15) is 22.8 Å². The number of anilines is 1. The lowest BCUT2D eigenvalue weighted by molar-refractivity contribution is -0.112. The summed E-state index contributed by atoms with van der Waals surface area (Å²) in [7, 11) is 0. The first-order valence-corrected chi connectivity index (χ1v) is 8.79. The van der Waals surface area contributed by atoms with Crippen LogP contribution in [0.5, 0.6) is 5.75 Å². The molecule has 0 saturated heterocycles. The molecule has 0 saturated carbocycles. The third-order valence-electron chi connectivity index (χ3n) is 3.62. The Morgan fingerprint density at radius 2 is 2.04 bits per heavy atom. The first kappa shape index (κ1) is 17.9. The monoisotopic (exact) mass is 413 g/mol. The fraction of sp³-hybridized carbons (Fsp3) is 0.100. The van der Waals surface area contributed by atoms with Gasteiger partial charge in [-0.1, -0.05) is 22.0 Å². The number of carbonyl (C=O) groups excluding carboxylic acids is 2. The van der Waals surface area contributed by atoms with Gasteiger partial charge in [0, 0.05) is 21.3 Å². The van der Waals surface area contributed by atoms with Crippen LogP contribution in [-0.2, 0) is 9.53 Å². The fourth-order valence-electron chi connectivity index (χ4n) is 2.42. The van der Waals surface area contributed by atoms with Gasteiger partial charge in [-0.25, -0.2) is 4.79 Å². The standard InChI is InChI=1S/C20H16BrNO4/c1-2-25-20(24)14-4-3-5-17(12-14)22-19(23)13-8-9-26-18-7-6-16(21)11-15(18)10-13/h3-12H,2H2,1H3,(H,22,23). The van der Waals surface area contributed by atoms with E-state index in [-0.39, 0.29) is 5.91 Å². The summed E-state index contributed by atoms with van der Waals surface area (Å²) in [5, 5.41) is 2.79. The minimum absolute atomic E-state index is 0.294. The van der Waals surface area contributed by atoms with Crippen molar-refractivity contribution >= 4 is 39.6 Å². The lowest BCUT2D eigenvalue weighted by atomic mass is 10.1. The van der Waals surface area contributed by atoms with Crippen molar-refractivity contribution in [3.05, 3.63) is 76.0 Å². The van der Waals surface area contributed by atoms with Gasteiger partial charge in [0.2, 0.25) is 0 Å². The Kier molecular flexibility index (Phi) is 5.53. The van der Waals surface area contributed by atoms with Crippen molar-refractivity contribution in [1.82, 2.24) is 0 Å². The van der Waals surface area contributed by atoms with E-state index in [9.17, 15) is 9.59 Å². The lowest BCUT2D eigenvalue weighted by Crippen LogP contribution is -2.14. The lowest BCUT2D eigenvalue weighted by Gasteiger charge is -2.08. The molecule has 0 spiro atoms. The van der Waals surface area contributed by atoms with E-state index >= 15 is 0 Å². The van der Waals surface area contributed by atoms with Gasteiger partial charge in [0.1, 0.15) is 5.75 Å². The van der Waals surface area contributed by atoms with Crippen LogP contribution in [0.15, 0.2) is 64.8 Å². The van der Waals surface area contributed by atoms with Crippen molar-refractivity contribution in [3.63, 3.8) is 0 Å². The number of esters is 1. The van der Waals surface area contributed by atoms with Gasteiger partial charge in [-0.15, -0.1) is 0 Å². The van der Waals surface area contributed by atoms with Crippen LogP contribution < -0.4 is 10.1 Å². The molecule has 2 aromatic rings. The predicted molar refractivity (Wildman–Crippen MR) is 103 cm³/mol. The molecule has 1 amide bonds. The molecule has 0 unspecified atom stereocenters. The number of ether oxygens (including phenoxy) is 2. The Morgan fingerprint density at radius 3 is 2.85 bits per heavy atom. The van der Waals surface area contributed by atoms with Crippen molar-refractivity contribution in [1.29, 1.82) is 0 Å². The third-order valence-corrected chi connectivity index (χ3v) is 4.11. The quantitative estimate of drug-likeness (QED) is 0.746. The summed E-state index contributed by atoms with van der Waals surface area (Å²) in [6.07, 6.45) is 4.81. The number of hydrogen-bond acceptors (Lipinski definition) is 4. The van der Waals surface area contributed by atoms with E-state index in [0.29, 0.717) is 29.2 Å². The zero-order valence-electron chi connectivity index (χ0n) is 14.0. The summed E-state index contributed by atoms with van der Waals surface area (Å²) >= 11 is 3.41. The Bertz CT molecular complexity index is 918. The van der Waals surface area contributed by atoms with Gasteiger partial charge in [0.05, 0.1) is 18.4 Å². The van der Waals surface area contributed by atoms with E-state index in [4.69, 9.17) is 9.47 Å². The van der Waals surface area contributed by atoms with Crippen LogP contribution in [0.4, 0.5) is 5.69 Å². The van der Waals surface area contributed by atoms with Crippen LogP contribution in [0.25, 0.3) is 6.08 Å². The molecule has 6 heteroatoms. The Morgan fingerprint density at radius 1 is 1.19 bits per heavy atom. The minimum atomic E-state index is -0.427. The number of nitrogens with one attached hydrogen (secondary N) is 1. The molecule has 1 aliphatic rings. The summed E-state index contributed by atoms with van der Waals surface area (Å²) in [4.78, 5) is 24.4. The smallest absolute Gasteiger partial charge is 0.338 e. The highest BCUT2D eigenvalue weighted by Gasteiger charge is 2.14. The molecular formula is C20H16BrNO4. The molecule has 1 N–H and O–H groups in total. The second-order valence-electron chi connectivity index (χ2n) is 5.46. The highest BCUT2D eigenvalue weighted by Crippen LogP contribution is 2.28. The maximum Gasteiger partial charge on any atom is 0.338 e. The molecule has 0 aromatic heterocycles. The first-order valence-electron chi connectivity index (χ1n) is 8.00. The number of hydrogen-bond donors (Lipinski definition) is 1. The van der Waals surface area contributed by atoms with Gasteiger partial charge in [-0.05, 0) is 55.5 Å². The molecule has 0 fully saturated rings. The van der Waals surface area contributed by atoms with Crippen LogP contribution in [0.3, 0.4) is 0 Å². The van der Waals surface area contributed by atoms with E-state index < -0.39 is 5.97 Å². The molecule has 0 radical (unpaired) electrons.